The van der Waals surface area contributed by atoms with E-state index in [0.29, 0.717) is 13.2 Å². The summed E-state index contributed by atoms with van der Waals surface area (Å²) in [6, 6.07) is 14.2. The second kappa shape index (κ2) is 9.78. The fourth-order valence-electron chi connectivity index (χ4n) is 3.24. The number of amides is 1. The Morgan fingerprint density at radius 3 is 2.59 bits per heavy atom. The highest BCUT2D eigenvalue weighted by Gasteiger charge is 2.11. The molecule has 7 heteroatoms. The van der Waals surface area contributed by atoms with Gasteiger partial charge in [0.25, 0.3) is 0 Å². The Morgan fingerprint density at radius 1 is 1.14 bits per heavy atom. The fraction of sp³-hybridized carbons (Fsp3) is 0.364. The molecular weight excluding hydrogens is 434 g/mol. The van der Waals surface area contributed by atoms with E-state index in [1.54, 1.807) is 7.05 Å². The standard InChI is InChI=1S/C22H26BrN3O3/c1-25(22(27)28)13-5-3-4-6-14-29-18-10-7-16(8-11-18)21-19-12-9-17(23)15-20(19)26(2)24-21/h7-12,15H,3-6,13-14H2,1-2H3,(H,27,28). The molecule has 1 amide bonds. The van der Waals surface area contributed by atoms with Gasteiger partial charge in [-0.05, 0) is 55.3 Å². The summed E-state index contributed by atoms with van der Waals surface area (Å²) < 4.78 is 8.77. The van der Waals surface area contributed by atoms with Crippen LogP contribution in [-0.2, 0) is 7.05 Å². The predicted molar refractivity (Wildman–Crippen MR) is 118 cm³/mol. The summed E-state index contributed by atoms with van der Waals surface area (Å²) in [7, 11) is 3.55. The Hall–Kier alpha value is -2.54. The number of carbonyl (C=O) groups is 1. The van der Waals surface area contributed by atoms with Crippen molar-refractivity contribution in [1.29, 1.82) is 0 Å². The first-order valence-electron chi connectivity index (χ1n) is 9.75. The van der Waals surface area contributed by atoms with Crippen LogP contribution < -0.4 is 4.74 Å². The molecule has 0 unspecified atom stereocenters. The summed E-state index contributed by atoms with van der Waals surface area (Å²) in [5.74, 6) is 0.849. The van der Waals surface area contributed by atoms with Gasteiger partial charge < -0.3 is 14.7 Å². The van der Waals surface area contributed by atoms with Crippen molar-refractivity contribution < 1.29 is 14.6 Å². The molecule has 1 heterocycles. The van der Waals surface area contributed by atoms with Gasteiger partial charge in [0.1, 0.15) is 11.4 Å². The summed E-state index contributed by atoms with van der Waals surface area (Å²) in [6.45, 7) is 1.24. The summed E-state index contributed by atoms with van der Waals surface area (Å²) in [5.41, 5.74) is 3.12. The van der Waals surface area contributed by atoms with Crippen molar-refractivity contribution in [3.05, 3.63) is 46.9 Å². The van der Waals surface area contributed by atoms with E-state index in [-0.39, 0.29) is 0 Å². The van der Waals surface area contributed by atoms with Crippen LogP contribution in [0.25, 0.3) is 22.2 Å². The third-order valence-corrected chi connectivity index (χ3v) is 5.42. The third-order valence-electron chi connectivity index (χ3n) is 4.92. The van der Waals surface area contributed by atoms with E-state index in [4.69, 9.17) is 9.84 Å². The molecule has 3 rings (SSSR count). The summed E-state index contributed by atoms with van der Waals surface area (Å²) >= 11 is 3.51. The molecule has 6 nitrogen and oxygen atoms in total. The molecule has 3 aromatic rings. The molecule has 1 aromatic heterocycles. The first kappa shape index (κ1) is 21.2. The van der Waals surface area contributed by atoms with Crippen LogP contribution in [0.15, 0.2) is 46.9 Å². The number of hydrogen-bond donors (Lipinski definition) is 1. The van der Waals surface area contributed by atoms with Gasteiger partial charge in [0.2, 0.25) is 0 Å². The lowest BCUT2D eigenvalue weighted by Crippen LogP contribution is -2.25. The number of ether oxygens (including phenoxy) is 1. The number of aromatic nitrogens is 2. The van der Waals surface area contributed by atoms with E-state index in [1.807, 2.05) is 42.1 Å². The minimum atomic E-state index is -0.872. The molecule has 0 fully saturated rings. The Labute approximate surface area is 179 Å². The highest BCUT2D eigenvalue weighted by molar-refractivity contribution is 9.10. The maximum atomic E-state index is 10.7. The van der Waals surface area contributed by atoms with Crippen LogP contribution in [0.2, 0.25) is 0 Å². The molecular formula is C22H26BrN3O3. The Morgan fingerprint density at radius 2 is 1.86 bits per heavy atom. The topological polar surface area (TPSA) is 67.6 Å². The van der Waals surface area contributed by atoms with Gasteiger partial charge in [-0.3, -0.25) is 4.68 Å². The molecule has 1 N–H and O–H groups in total. The third kappa shape index (κ3) is 5.50. The van der Waals surface area contributed by atoms with Gasteiger partial charge in [0.15, 0.2) is 0 Å². The van der Waals surface area contributed by atoms with E-state index in [1.165, 1.54) is 4.90 Å². The number of benzene rings is 2. The Bertz CT molecular complexity index is 969. The number of aryl methyl sites for hydroxylation is 1. The lowest BCUT2D eigenvalue weighted by molar-refractivity contribution is 0.155. The van der Waals surface area contributed by atoms with Crippen molar-refractivity contribution in [3.63, 3.8) is 0 Å². The summed E-state index contributed by atoms with van der Waals surface area (Å²) in [6.07, 6.45) is 3.00. The maximum absolute atomic E-state index is 10.7. The quantitative estimate of drug-likeness (QED) is 0.425. The van der Waals surface area contributed by atoms with Crippen LogP contribution in [0.4, 0.5) is 4.79 Å². The average Bonchev–Trinajstić information content (AvgIpc) is 3.03. The number of halogens is 1. The second-order valence-corrected chi connectivity index (χ2v) is 8.04. The van der Waals surface area contributed by atoms with E-state index >= 15 is 0 Å². The van der Waals surface area contributed by atoms with Gasteiger partial charge in [-0.2, -0.15) is 5.10 Å². The highest BCUT2D eigenvalue weighted by atomic mass is 79.9. The van der Waals surface area contributed by atoms with E-state index < -0.39 is 6.09 Å². The smallest absolute Gasteiger partial charge is 0.407 e. The number of rotatable bonds is 9. The van der Waals surface area contributed by atoms with E-state index in [9.17, 15) is 4.79 Å². The van der Waals surface area contributed by atoms with Crippen molar-refractivity contribution in [2.75, 3.05) is 20.2 Å². The van der Waals surface area contributed by atoms with Gasteiger partial charge in [-0.25, -0.2) is 4.79 Å². The van der Waals surface area contributed by atoms with Gasteiger partial charge in [0.05, 0.1) is 12.1 Å². The molecule has 0 atom stereocenters. The normalized spacial score (nSPS) is 11.0. The molecule has 0 radical (unpaired) electrons. The molecule has 2 aromatic carbocycles. The first-order valence-corrected chi connectivity index (χ1v) is 10.5. The highest BCUT2D eigenvalue weighted by Crippen LogP contribution is 2.30. The maximum Gasteiger partial charge on any atom is 0.407 e. The molecule has 0 saturated carbocycles. The van der Waals surface area contributed by atoms with E-state index in [0.717, 1.165) is 58.1 Å². The zero-order valence-electron chi connectivity index (χ0n) is 16.8. The lowest BCUT2D eigenvalue weighted by atomic mass is 10.1. The molecule has 154 valence electrons. The Balaban J connectivity index is 1.48. The monoisotopic (exact) mass is 459 g/mol. The summed E-state index contributed by atoms with van der Waals surface area (Å²) in [4.78, 5) is 12.0. The van der Waals surface area contributed by atoms with Gasteiger partial charge in [0, 0.05) is 36.1 Å². The molecule has 0 aliphatic rings. The van der Waals surface area contributed by atoms with Crippen LogP contribution in [0.1, 0.15) is 25.7 Å². The number of unbranched alkanes of at least 4 members (excludes halogenated alkanes) is 3. The Kier molecular flexibility index (Phi) is 7.14. The van der Waals surface area contributed by atoms with Gasteiger partial charge in [-0.1, -0.05) is 28.8 Å². The molecule has 29 heavy (non-hydrogen) atoms. The lowest BCUT2D eigenvalue weighted by Gasteiger charge is -2.12. The van der Waals surface area contributed by atoms with Crippen LogP contribution in [0.3, 0.4) is 0 Å². The zero-order valence-corrected chi connectivity index (χ0v) is 18.4. The van der Waals surface area contributed by atoms with Crippen molar-refractivity contribution in [2.24, 2.45) is 7.05 Å². The van der Waals surface area contributed by atoms with Crippen molar-refractivity contribution in [3.8, 4) is 17.0 Å². The number of carboxylic acid groups (broad SMARTS) is 1. The SMILES string of the molecule is CN(CCCCCCOc1ccc(-c2nn(C)c3cc(Br)ccc23)cc1)C(=O)O. The predicted octanol–water partition coefficient (Wildman–Crippen LogP) is 5.55. The molecule has 0 aliphatic heterocycles. The number of nitrogens with zero attached hydrogens (tertiary/aromatic N) is 3. The minimum absolute atomic E-state index is 0.580. The van der Waals surface area contributed by atoms with Crippen LogP contribution in [0.5, 0.6) is 5.75 Å². The van der Waals surface area contributed by atoms with Crippen LogP contribution in [0, 0.1) is 0 Å². The van der Waals surface area contributed by atoms with Crippen LogP contribution >= 0.6 is 15.9 Å². The average molecular weight is 460 g/mol. The van der Waals surface area contributed by atoms with Crippen molar-refractivity contribution in [2.45, 2.75) is 25.7 Å². The van der Waals surface area contributed by atoms with Crippen molar-refractivity contribution >= 4 is 32.9 Å². The van der Waals surface area contributed by atoms with Crippen molar-refractivity contribution in [1.82, 2.24) is 14.7 Å². The largest absolute Gasteiger partial charge is 0.494 e. The molecule has 0 saturated heterocycles. The molecule has 0 bridgehead atoms. The number of fused-ring (bicyclic) bond motifs is 1. The minimum Gasteiger partial charge on any atom is -0.494 e. The van der Waals surface area contributed by atoms with Gasteiger partial charge >= 0.3 is 6.09 Å². The van der Waals surface area contributed by atoms with Crippen LogP contribution in [-0.4, -0.2) is 46.1 Å². The molecule has 0 aliphatic carbocycles. The number of hydrogen-bond acceptors (Lipinski definition) is 3. The first-order chi connectivity index (χ1) is 14.0. The zero-order chi connectivity index (χ0) is 20.8. The molecule has 0 spiro atoms. The second-order valence-electron chi connectivity index (χ2n) is 7.12. The van der Waals surface area contributed by atoms with Gasteiger partial charge in [-0.15, -0.1) is 0 Å². The van der Waals surface area contributed by atoms with E-state index in [2.05, 4.69) is 33.2 Å². The fourth-order valence-corrected chi connectivity index (χ4v) is 3.59. The summed E-state index contributed by atoms with van der Waals surface area (Å²) in [5, 5.41) is 14.6.